The first-order valence-electron chi connectivity index (χ1n) is 7.12. The third-order valence-electron chi connectivity index (χ3n) is 3.41. The Morgan fingerprint density at radius 3 is 2.65 bits per heavy atom. The van der Waals surface area contributed by atoms with Crippen molar-refractivity contribution in [2.75, 3.05) is 24.5 Å². The van der Waals surface area contributed by atoms with Crippen LogP contribution in [-0.2, 0) is 4.79 Å². The lowest BCUT2D eigenvalue weighted by Crippen LogP contribution is -2.38. The van der Waals surface area contributed by atoms with Crippen LogP contribution in [0.5, 0.6) is 0 Å². The van der Waals surface area contributed by atoms with Crippen molar-refractivity contribution in [1.29, 1.82) is 0 Å². The number of rotatable bonds is 6. The third kappa shape index (κ3) is 3.39. The lowest BCUT2D eigenvalue weighted by Gasteiger charge is -2.23. The number of nitrogens with zero attached hydrogens (tertiary/aromatic N) is 3. The van der Waals surface area contributed by atoms with E-state index in [2.05, 4.69) is 15.3 Å². The lowest BCUT2D eigenvalue weighted by atomic mass is 10.3. The van der Waals surface area contributed by atoms with Gasteiger partial charge in [0.15, 0.2) is 0 Å². The number of hydrogen-bond acceptors (Lipinski definition) is 4. The molecule has 0 unspecified atom stereocenters. The van der Waals surface area contributed by atoms with Gasteiger partial charge in [-0.05, 0) is 33.6 Å². The number of nitrogens with one attached hydrogen (secondary N) is 1. The summed E-state index contributed by atoms with van der Waals surface area (Å²) in [7, 11) is 0. The molecule has 1 aromatic heterocycles. The molecule has 1 aliphatic carbocycles. The molecular formula is C14H21ClN4O. The highest BCUT2D eigenvalue weighted by Gasteiger charge is 2.29. The first-order valence-corrected chi connectivity index (χ1v) is 7.50. The summed E-state index contributed by atoms with van der Waals surface area (Å²) in [5, 5.41) is 3.30. The second-order valence-corrected chi connectivity index (χ2v) is 5.42. The SMILES string of the molecule is CCNC(=O)CN(CC)c1nc(C2CC2)nc(Cl)c1C. The second kappa shape index (κ2) is 6.39. The molecule has 1 N–H and O–H groups in total. The summed E-state index contributed by atoms with van der Waals surface area (Å²) in [5.41, 5.74) is 0.835. The number of halogens is 1. The molecule has 0 aromatic carbocycles. The molecule has 6 heteroatoms. The summed E-state index contributed by atoms with van der Waals surface area (Å²) in [6, 6.07) is 0. The van der Waals surface area contributed by atoms with Crippen molar-refractivity contribution in [2.45, 2.75) is 39.5 Å². The van der Waals surface area contributed by atoms with E-state index in [-0.39, 0.29) is 5.91 Å². The van der Waals surface area contributed by atoms with E-state index in [1.165, 1.54) is 0 Å². The van der Waals surface area contributed by atoms with Crippen molar-refractivity contribution in [3.63, 3.8) is 0 Å². The molecule has 2 rings (SSSR count). The molecule has 1 aliphatic rings. The normalized spacial score (nSPS) is 14.2. The van der Waals surface area contributed by atoms with Crippen LogP contribution < -0.4 is 10.2 Å². The Balaban J connectivity index is 2.25. The van der Waals surface area contributed by atoms with Crippen molar-refractivity contribution in [3.05, 3.63) is 16.5 Å². The van der Waals surface area contributed by atoms with Crippen molar-refractivity contribution < 1.29 is 4.79 Å². The molecule has 1 aromatic rings. The molecule has 1 heterocycles. The zero-order valence-corrected chi connectivity index (χ0v) is 13.0. The van der Waals surface area contributed by atoms with E-state index < -0.39 is 0 Å². The maximum absolute atomic E-state index is 11.8. The van der Waals surface area contributed by atoms with Crippen LogP contribution in [0.1, 0.15) is 44.0 Å². The highest BCUT2D eigenvalue weighted by Crippen LogP contribution is 2.39. The molecule has 0 atom stereocenters. The number of likely N-dealkylation sites (N-methyl/N-ethyl adjacent to an activating group) is 2. The molecule has 0 saturated heterocycles. The van der Waals surface area contributed by atoms with Crippen LogP contribution >= 0.6 is 11.6 Å². The van der Waals surface area contributed by atoms with E-state index in [4.69, 9.17) is 11.6 Å². The molecule has 20 heavy (non-hydrogen) atoms. The van der Waals surface area contributed by atoms with Crippen LogP contribution in [0.2, 0.25) is 5.15 Å². The number of amides is 1. The molecule has 1 amide bonds. The lowest BCUT2D eigenvalue weighted by molar-refractivity contribution is -0.119. The van der Waals surface area contributed by atoms with Gasteiger partial charge in [-0.15, -0.1) is 0 Å². The molecule has 110 valence electrons. The summed E-state index contributed by atoms with van der Waals surface area (Å²) < 4.78 is 0. The molecule has 1 saturated carbocycles. The largest absolute Gasteiger partial charge is 0.355 e. The minimum atomic E-state index is -0.00328. The minimum absolute atomic E-state index is 0.00328. The second-order valence-electron chi connectivity index (χ2n) is 5.06. The van der Waals surface area contributed by atoms with Gasteiger partial charge in [-0.2, -0.15) is 0 Å². The zero-order valence-electron chi connectivity index (χ0n) is 12.2. The van der Waals surface area contributed by atoms with E-state index in [1.807, 2.05) is 25.7 Å². The predicted molar refractivity (Wildman–Crippen MR) is 80.3 cm³/mol. The van der Waals surface area contributed by atoms with E-state index in [1.54, 1.807) is 0 Å². The van der Waals surface area contributed by atoms with Crippen molar-refractivity contribution in [2.24, 2.45) is 0 Å². The number of anilines is 1. The maximum Gasteiger partial charge on any atom is 0.239 e. The fourth-order valence-electron chi connectivity index (χ4n) is 2.09. The molecule has 0 spiro atoms. The first kappa shape index (κ1) is 15.0. The van der Waals surface area contributed by atoms with Gasteiger partial charge in [-0.1, -0.05) is 11.6 Å². The Hall–Kier alpha value is -1.36. The topological polar surface area (TPSA) is 58.1 Å². The first-order chi connectivity index (χ1) is 9.56. The van der Waals surface area contributed by atoms with Crippen LogP contribution in [0.25, 0.3) is 0 Å². The molecule has 0 aliphatic heterocycles. The third-order valence-corrected chi connectivity index (χ3v) is 3.78. The number of hydrogen-bond donors (Lipinski definition) is 1. The predicted octanol–water partition coefficient (Wildman–Crippen LogP) is 2.28. The van der Waals surface area contributed by atoms with Gasteiger partial charge in [0.2, 0.25) is 5.91 Å². The summed E-state index contributed by atoms with van der Waals surface area (Å²) in [6.07, 6.45) is 2.25. The number of aromatic nitrogens is 2. The van der Waals surface area contributed by atoms with Gasteiger partial charge in [0.1, 0.15) is 16.8 Å². The standard InChI is InChI=1S/C14H21ClN4O/c1-4-16-11(20)8-19(5-2)14-9(3)12(15)17-13(18-14)10-6-7-10/h10H,4-8H2,1-3H3,(H,16,20). The fraction of sp³-hybridized carbons (Fsp3) is 0.643. The fourth-order valence-corrected chi connectivity index (χ4v) is 2.26. The van der Waals surface area contributed by atoms with Crippen LogP contribution in [0.15, 0.2) is 0 Å². The number of carbonyl (C=O) groups excluding carboxylic acids is 1. The summed E-state index contributed by atoms with van der Waals surface area (Å²) in [6.45, 7) is 7.44. The monoisotopic (exact) mass is 296 g/mol. The van der Waals surface area contributed by atoms with Crippen LogP contribution in [0, 0.1) is 6.92 Å². The van der Waals surface area contributed by atoms with Gasteiger partial charge in [0.05, 0.1) is 6.54 Å². The average Bonchev–Trinajstić information content (AvgIpc) is 3.24. The van der Waals surface area contributed by atoms with Gasteiger partial charge in [0, 0.05) is 24.6 Å². The molecule has 0 bridgehead atoms. The van der Waals surface area contributed by atoms with Crippen LogP contribution in [0.4, 0.5) is 5.82 Å². The number of carbonyl (C=O) groups is 1. The summed E-state index contributed by atoms with van der Waals surface area (Å²) >= 11 is 6.21. The highest BCUT2D eigenvalue weighted by atomic mass is 35.5. The zero-order chi connectivity index (χ0) is 14.7. The smallest absolute Gasteiger partial charge is 0.239 e. The van der Waals surface area contributed by atoms with Gasteiger partial charge < -0.3 is 10.2 Å². The highest BCUT2D eigenvalue weighted by molar-refractivity contribution is 6.30. The molecule has 0 radical (unpaired) electrons. The van der Waals surface area contributed by atoms with Gasteiger partial charge in [0.25, 0.3) is 0 Å². The maximum atomic E-state index is 11.8. The average molecular weight is 297 g/mol. The Morgan fingerprint density at radius 2 is 2.10 bits per heavy atom. The van der Waals surface area contributed by atoms with Gasteiger partial charge in [-0.25, -0.2) is 9.97 Å². The van der Waals surface area contributed by atoms with Gasteiger partial charge >= 0.3 is 0 Å². The minimum Gasteiger partial charge on any atom is -0.355 e. The molecule has 1 fully saturated rings. The van der Waals surface area contributed by atoms with E-state index in [0.717, 1.165) is 30.0 Å². The Bertz CT molecular complexity index is 502. The van der Waals surface area contributed by atoms with Crippen molar-refractivity contribution in [1.82, 2.24) is 15.3 Å². The quantitative estimate of drug-likeness (QED) is 0.818. The summed E-state index contributed by atoms with van der Waals surface area (Å²) in [5.74, 6) is 2.03. The summed E-state index contributed by atoms with van der Waals surface area (Å²) in [4.78, 5) is 22.7. The van der Waals surface area contributed by atoms with Crippen LogP contribution in [-0.4, -0.2) is 35.5 Å². The van der Waals surface area contributed by atoms with Crippen molar-refractivity contribution in [3.8, 4) is 0 Å². The van der Waals surface area contributed by atoms with E-state index >= 15 is 0 Å². The Kier molecular flexibility index (Phi) is 4.81. The Morgan fingerprint density at radius 1 is 1.40 bits per heavy atom. The van der Waals surface area contributed by atoms with Crippen LogP contribution in [0.3, 0.4) is 0 Å². The molecular weight excluding hydrogens is 276 g/mol. The molecule has 5 nitrogen and oxygen atoms in total. The van der Waals surface area contributed by atoms with Gasteiger partial charge in [-0.3, -0.25) is 4.79 Å². The Labute approximate surface area is 124 Å². The van der Waals surface area contributed by atoms with E-state index in [9.17, 15) is 4.79 Å². The van der Waals surface area contributed by atoms with Crippen molar-refractivity contribution >= 4 is 23.3 Å². The van der Waals surface area contributed by atoms with E-state index in [0.29, 0.717) is 30.7 Å².